The van der Waals surface area contributed by atoms with Crippen molar-refractivity contribution < 1.29 is 23.1 Å². The van der Waals surface area contributed by atoms with Crippen LogP contribution in [-0.4, -0.2) is 65.8 Å². The van der Waals surface area contributed by atoms with Crippen LogP contribution >= 0.6 is 0 Å². The van der Waals surface area contributed by atoms with Gasteiger partial charge in [-0.1, -0.05) is 0 Å². The molecule has 2 rings (SSSR count). The molecule has 1 amide bonds. The van der Waals surface area contributed by atoms with Crippen molar-refractivity contribution in [3.05, 3.63) is 0 Å². The molecule has 2 fully saturated rings. The Kier molecular flexibility index (Phi) is 6.09. The van der Waals surface area contributed by atoms with Gasteiger partial charge in [-0.15, -0.1) is 0 Å². The standard InChI is InChI=1S/C15H25F3N2O2/c16-15(17,18)12-4-1-8-20(10-12)14(22)11-19-7-2-5-13(19)6-3-9-21/h12-13,21H,1-11H2. The first kappa shape index (κ1) is 17.5. The van der Waals surface area contributed by atoms with Crippen LogP contribution in [0.25, 0.3) is 0 Å². The molecule has 2 unspecified atom stereocenters. The van der Waals surface area contributed by atoms with Gasteiger partial charge in [-0.3, -0.25) is 9.69 Å². The number of hydrogen-bond donors (Lipinski definition) is 1. The van der Waals surface area contributed by atoms with Crippen molar-refractivity contribution in [1.29, 1.82) is 0 Å². The number of rotatable bonds is 5. The molecule has 0 radical (unpaired) electrons. The predicted octanol–water partition coefficient (Wildman–Crippen LogP) is 2.02. The van der Waals surface area contributed by atoms with Gasteiger partial charge in [0, 0.05) is 25.7 Å². The lowest BCUT2D eigenvalue weighted by atomic mass is 9.97. The second-order valence-corrected chi connectivity index (χ2v) is 6.35. The van der Waals surface area contributed by atoms with E-state index in [4.69, 9.17) is 5.11 Å². The molecule has 0 aliphatic carbocycles. The van der Waals surface area contributed by atoms with Gasteiger partial charge in [0.2, 0.25) is 5.91 Å². The molecule has 128 valence electrons. The van der Waals surface area contributed by atoms with Crippen LogP contribution in [-0.2, 0) is 4.79 Å². The Morgan fingerprint density at radius 2 is 1.91 bits per heavy atom. The van der Waals surface area contributed by atoms with Crippen LogP contribution in [0.1, 0.15) is 38.5 Å². The normalized spacial score (nSPS) is 27.4. The molecule has 2 aliphatic rings. The van der Waals surface area contributed by atoms with Crippen molar-refractivity contribution in [3.63, 3.8) is 0 Å². The van der Waals surface area contributed by atoms with Gasteiger partial charge >= 0.3 is 6.18 Å². The monoisotopic (exact) mass is 322 g/mol. The minimum Gasteiger partial charge on any atom is -0.396 e. The summed E-state index contributed by atoms with van der Waals surface area (Å²) >= 11 is 0. The topological polar surface area (TPSA) is 43.8 Å². The molecule has 0 aromatic carbocycles. The molecule has 0 saturated carbocycles. The lowest BCUT2D eigenvalue weighted by Crippen LogP contribution is -2.48. The molecule has 7 heteroatoms. The molecular weight excluding hydrogens is 297 g/mol. The van der Waals surface area contributed by atoms with Crippen LogP contribution in [0.3, 0.4) is 0 Å². The summed E-state index contributed by atoms with van der Waals surface area (Å²) in [5.74, 6) is -1.57. The zero-order valence-electron chi connectivity index (χ0n) is 12.8. The highest BCUT2D eigenvalue weighted by Gasteiger charge is 2.42. The number of aliphatic hydroxyl groups is 1. The van der Waals surface area contributed by atoms with Gasteiger partial charge in [0.25, 0.3) is 0 Å². The molecule has 4 nitrogen and oxygen atoms in total. The molecule has 0 spiro atoms. The first-order valence-electron chi connectivity index (χ1n) is 8.11. The van der Waals surface area contributed by atoms with E-state index in [0.717, 1.165) is 25.8 Å². The van der Waals surface area contributed by atoms with E-state index in [2.05, 4.69) is 4.90 Å². The molecule has 0 aromatic heterocycles. The number of carbonyl (C=O) groups excluding carboxylic acids is 1. The number of aliphatic hydroxyl groups excluding tert-OH is 1. The maximum Gasteiger partial charge on any atom is 0.393 e. The number of likely N-dealkylation sites (tertiary alicyclic amines) is 2. The fraction of sp³-hybridized carbons (Fsp3) is 0.933. The zero-order valence-corrected chi connectivity index (χ0v) is 12.8. The van der Waals surface area contributed by atoms with Crippen LogP contribution in [0.15, 0.2) is 0 Å². The third-order valence-corrected chi connectivity index (χ3v) is 4.77. The maximum absolute atomic E-state index is 12.8. The number of piperidine rings is 1. The minimum atomic E-state index is -4.21. The average molecular weight is 322 g/mol. The van der Waals surface area contributed by atoms with Gasteiger partial charge in [-0.25, -0.2) is 0 Å². The summed E-state index contributed by atoms with van der Waals surface area (Å²) < 4.78 is 38.4. The van der Waals surface area contributed by atoms with Crippen molar-refractivity contribution >= 4 is 5.91 Å². The highest BCUT2D eigenvalue weighted by Crippen LogP contribution is 2.33. The Morgan fingerprint density at radius 1 is 1.18 bits per heavy atom. The molecule has 2 saturated heterocycles. The van der Waals surface area contributed by atoms with Gasteiger partial charge in [0.05, 0.1) is 12.5 Å². The quantitative estimate of drug-likeness (QED) is 0.842. The SMILES string of the molecule is O=C(CN1CCCC1CCCO)N1CCCC(C(F)(F)F)C1. The fourth-order valence-electron chi connectivity index (χ4n) is 3.50. The first-order valence-corrected chi connectivity index (χ1v) is 8.11. The summed E-state index contributed by atoms with van der Waals surface area (Å²) in [6.45, 7) is 1.40. The summed E-state index contributed by atoms with van der Waals surface area (Å²) in [4.78, 5) is 15.8. The summed E-state index contributed by atoms with van der Waals surface area (Å²) in [5, 5.41) is 8.90. The summed E-state index contributed by atoms with van der Waals surface area (Å²) in [6.07, 6.45) is -0.118. The lowest BCUT2D eigenvalue weighted by molar-refractivity contribution is -0.188. The number of carbonyl (C=O) groups is 1. The van der Waals surface area contributed by atoms with Crippen molar-refractivity contribution in [2.75, 3.05) is 32.8 Å². The molecule has 0 bridgehead atoms. The molecule has 22 heavy (non-hydrogen) atoms. The number of halogens is 3. The minimum absolute atomic E-state index is 0.121. The Morgan fingerprint density at radius 3 is 2.59 bits per heavy atom. The second-order valence-electron chi connectivity index (χ2n) is 6.35. The van der Waals surface area contributed by atoms with Gasteiger partial charge < -0.3 is 10.0 Å². The average Bonchev–Trinajstić information content (AvgIpc) is 2.91. The van der Waals surface area contributed by atoms with Crippen molar-refractivity contribution in [1.82, 2.24) is 9.80 Å². The summed E-state index contributed by atoms with van der Waals surface area (Å²) in [7, 11) is 0. The van der Waals surface area contributed by atoms with E-state index in [0.29, 0.717) is 19.4 Å². The number of nitrogens with zero attached hydrogens (tertiary/aromatic N) is 2. The first-order chi connectivity index (χ1) is 10.4. The highest BCUT2D eigenvalue weighted by molar-refractivity contribution is 5.78. The van der Waals surface area contributed by atoms with Crippen LogP contribution in [0.2, 0.25) is 0 Å². The molecule has 1 N–H and O–H groups in total. The Bertz CT molecular complexity index is 376. The van der Waals surface area contributed by atoms with E-state index in [1.165, 1.54) is 4.90 Å². The van der Waals surface area contributed by atoms with Gasteiger partial charge in [0.1, 0.15) is 0 Å². The largest absolute Gasteiger partial charge is 0.396 e. The molecular formula is C15H25F3N2O2. The van der Waals surface area contributed by atoms with E-state index in [1.807, 2.05) is 0 Å². The van der Waals surface area contributed by atoms with Crippen LogP contribution < -0.4 is 0 Å². The molecule has 2 aliphatic heterocycles. The van der Waals surface area contributed by atoms with E-state index >= 15 is 0 Å². The van der Waals surface area contributed by atoms with Crippen molar-refractivity contribution in [2.45, 2.75) is 50.7 Å². The van der Waals surface area contributed by atoms with E-state index < -0.39 is 12.1 Å². The Labute approximate surface area is 129 Å². The second kappa shape index (κ2) is 7.64. The molecule has 2 atom stereocenters. The van der Waals surface area contributed by atoms with Gasteiger partial charge in [-0.2, -0.15) is 13.2 Å². The lowest BCUT2D eigenvalue weighted by Gasteiger charge is -2.35. The maximum atomic E-state index is 12.8. The van der Waals surface area contributed by atoms with Crippen LogP contribution in [0, 0.1) is 5.92 Å². The van der Waals surface area contributed by atoms with E-state index in [1.54, 1.807) is 0 Å². The van der Waals surface area contributed by atoms with Gasteiger partial charge in [0.15, 0.2) is 0 Å². The van der Waals surface area contributed by atoms with Crippen molar-refractivity contribution in [3.8, 4) is 0 Å². The Hall–Kier alpha value is -0.820. The number of alkyl halides is 3. The highest BCUT2D eigenvalue weighted by atomic mass is 19.4. The van der Waals surface area contributed by atoms with E-state index in [-0.39, 0.29) is 38.1 Å². The predicted molar refractivity (Wildman–Crippen MR) is 76.3 cm³/mol. The van der Waals surface area contributed by atoms with Crippen LogP contribution in [0.4, 0.5) is 13.2 Å². The van der Waals surface area contributed by atoms with Gasteiger partial charge in [-0.05, 0) is 45.1 Å². The Balaban J connectivity index is 1.86. The third-order valence-electron chi connectivity index (χ3n) is 4.77. The van der Waals surface area contributed by atoms with Crippen molar-refractivity contribution in [2.24, 2.45) is 5.92 Å². The molecule has 0 aromatic rings. The zero-order chi connectivity index (χ0) is 16.2. The van der Waals surface area contributed by atoms with Crippen LogP contribution in [0.5, 0.6) is 0 Å². The fourth-order valence-corrected chi connectivity index (χ4v) is 3.50. The van der Waals surface area contributed by atoms with E-state index in [9.17, 15) is 18.0 Å². The number of amides is 1. The third kappa shape index (κ3) is 4.59. The summed E-state index contributed by atoms with van der Waals surface area (Å²) in [6, 6.07) is 0.277. The summed E-state index contributed by atoms with van der Waals surface area (Å²) in [5.41, 5.74) is 0. The smallest absolute Gasteiger partial charge is 0.393 e. The molecule has 2 heterocycles. The number of hydrogen-bond acceptors (Lipinski definition) is 3.